The van der Waals surface area contributed by atoms with Gasteiger partial charge in [0.15, 0.2) is 0 Å². The van der Waals surface area contributed by atoms with Crippen LogP contribution in [-0.4, -0.2) is 53.7 Å². The topological polar surface area (TPSA) is 95.9 Å². The maximum absolute atomic E-state index is 12.8. The van der Waals surface area contributed by atoms with Gasteiger partial charge < -0.3 is 20.1 Å². The van der Waals surface area contributed by atoms with E-state index in [0.717, 1.165) is 17.5 Å². The lowest BCUT2D eigenvalue weighted by Gasteiger charge is -2.32. The minimum Gasteiger partial charge on any atom is -0.481 e. The van der Waals surface area contributed by atoms with E-state index in [2.05, 4.69) is 29.6 Å². The Labute approximate surface area is 200 Å². The molecule has 7 heteroatoms. The molecule has 0 bridgehead atoms. The molecule has 2 aromatic carbocycles. The zero-order valence-electron chi connectivity index (χ0n) is 19.5. The van der Waals surface area contributed by atoms with Gasteiger partial charge in [-0.3, -0.25) is 9.59 Å². The van der Waals surface area contributed by atoms with Crippen molar-refractivity contribution in [3.05, 3.63) is 59.7 Å². The van der Waals surface area contributed by atoms with Gasteiger partial charge in [0.2, 0.25) is 5.91 Å². The Morgan fingerprint density at radius 3 is 2.35 bits per heavy atom. The van der Waals surface area contributed by atoms with Gasteiger partial charge in [0.25, 0.3) is 0 Å². The number of hydrogen-bond donors (Lipinski definition) is 2. The van der Waals surface area contributed by atoms with Crippen molar-refractivity contribution in [2.75, 3.05) is 19.7 Å². The predicted molar refractivity (Wildman–Crippen MR) is 128 cm³/mol. The minimum absolute atomic E-state index is 0.0225. The van der Waals surface area contributed by atoms with Crippen LogP contribution in [0, 0.1) is 5.92 Å². The number of amides is 2. The number of nitrogens with one attached hydrogen (secondary N) is 1. The summed E-state index contributed by atoms with van der Waals surface area (Å²) >= 11 is 0. The second-order valence-electron chi connectivity index (χ2n) is 9.18. The van der Waals surface area contributed by atoms with E-state index in [9.17, 15) is 19.5 Å². The zero-order valence-corrected chi connectivity index (χ0v) is 19.5. The van der Waals surface area contributed by atoms with Crippen LogP contribution in [0.25, 0.3) is 11.1 Å². The van der Waals surface area contributed by atoms with Gasteiger partial charge in [0.05, 0.1) is 5.92 Å². The van der Waals surface area contributed by atoms with Crippen LogP contribution in [0.4, 0.5) is 4.79 Å². The van der Waals surface area contributed by atoms with E-state index in [0.29, 0.717) is 25.8 Å². The van der Waals surface area contributed by atoms with Crippen molar-refractivity contribution >= 4 is 18.0 Å². The molecular weight excluding hydrogens is 432 g/mol. The fourth-order valence-electron chi connectivity index (χ4n) is 5.13. The Bertz CT molecular complexity index is 1010. The number of fused-ring (bicyclic) bond motifs is 3. The number of carboxylic acid groups (broad SMARTS) is 1. The summed E-state index contributed by atoms with van der Waals surface area (Å²) in [5.74, 6) is -1.52. The molecule has 2 atom stereocenters. The molecule has 0 spiro atoms. The number of carboxylic acids is 1. The SMILES string of the molecule is CCC[C@H](CC(=O)N1CCC[C@@H](C(=O)O)C1)NC(=O)OCC1c2ccccc2-c2ccccc21. The van der Waals surface area contributed by atoms with E-state index >= 15 is 0 Å². The number of nitrogens with zero attached hydrogens (tertiary/aromatic N) is 1. The molecule has 0 radical (unpaired) electrons. The quantitative estimate of drug-likeness (QED) is 0.603. The number of alkyl carbamates (subject to hydrolysis) is 1. The number of carbonyl (C=O) groups is 3. The number of piperidine rings is 1. The first-order valence-corrected chi connectivity index (χ1v) is 12.1. The van der Waals surface area contributed by atoms with Crippen LogP contribution in [0.5, 0.6) is 0 Å². The number of benzene rings is 2. The average molecular weight is 465 g/mol. The standard InChI is InChI=1S/C27H32N2O5/c1-2-8-19(15-25(30)29-14-7-9-18(16-29)26(31)32)28-27(33)34-17-24-22-12-5-3-10-20(22)21-11-4-6-13-23(21)24/h3-6,10-13,18-19,24H,2,7-9,14-17H2,1H3,(H,28,33)(H,31,32)/t18-,19-/m1/s1. The third kappa shape index (κ3) is 5.24. The Kier molecular flexibility index (Phi) is 7.50. The molecule has 2 aromatic rings. The molecule has 1 fully saturated rings. The number of hydrogen-bond acceptors (Lipinski definition) is 4. The van der Waals surface area contributed by atoms with Crippen molar-refractivity contribution in [2.24, 2.45) is 5.92 Å². The molecule has 7 nitrogen and oxygen atoms in total. The van der Waals surface area contributed by atoms with Crippen LogP contribution < -0.4 is 5.32 Å². The van der Waals surface area contributed by atoms with Crippen molar-refractivity contribution in [1.82, 2.24) is 10.2 Å². The van der Waals surface area contributed by atoms with E-state index < -0.39 is 18.0 Å². The molecule has 0 saturated carbocycles. The van der Waals surface area contributed by atoms with Gasteiger partial charge in [-0.25, -0.2) is 4.79 Å². The molecule has 4 rings (SSSR count). The summed E-state index contributed by atoms with van der Waals surface area (Å²) in [6.07, 6.45) is 2.34. The van der Waals surface area contributed by atoms with Crippen molar-refractivity contribution in [1.29, 1.82) is 0 Å². The van der Waals surface area contributed by atoms with Crippen LogP contribution in [-0.2, 0) is 14.3 Å². The lowest BCUT2D eigenvalue weighted by atomic mass is 9.97. The number of ether oxygens (including phenoxy) is 1. The van der Waals surface area contributed by atoms with E-state index in [1.807, 2.05) is 31.2 Å². The average Bonchev–Trinajstić information content (AvgIpc) is 3.16. The van der Waals surface area contributed by atoms with Crippen molar-refractivity contribution in [3.63, 3.8) is 0 Å². The van der Waals surface area contributed by atoms with Crippen LogP contribution in [0.3, 0.4) is 0 Å². The molecule has 2 aliphatic rings. The van der Waals surface area contributed by atoms with E-state index in [4.69, 9.17) is 4.74 Å². The first kappa shape index (κ1) is 23.8. The summed E-state index contributed by atoms with van der Waals surface area (Å²) in [6.45, 7) is 3.02. The molecule has 0 unspecified atom stereocenters. The first-order chi connectivity index (χ1) is 16.5. The molecule has 1 saturated heterocycles. The highest BCUT2D eigenvalue weighted by Crippen LogP contribution is 2.44. The van der Waals surface area contributed by atoms with Crippen molar-refractivity contribution < 1.29 is 24.2 Å². The summed E-state index contributed by atoms with van der Waals surface area (Å²) in [6, 6.07) is 16.0. The van der Waals surface area contributed by atoms with E-state index in [1.165, 1.54) is 11.1 Å². The van der Waals surface area contributed by atoms with Gasteiger partial charge in [-0.1, -0.05) is 61.9 Å². The monoisotopic (exact) mass is 464 g/mol. The third-order valence-electron chi connectivity index (χ3n) is 6.85. The van der Waals surface area contributed by atoms with Gasteiger partial charge >= 0.3 is 12.1 Å². The summed E-state index contributed by atoms with van der Waals surface area (Å²) in [5.41, 5.74) is 4.63. The lowest BCUT2D eigenvalue weighted by molar-refractivity contribution is -0.145. The molecule has 1 aliphatic carbocycles. The highest BCUT2D eigenvalue weighted by Gasteiger charge is 2.31. The summed E-state index contributed by atoms with van der Waals surface area (Å²) in [5, 5.41) is 12.2. The van der Waals surface area contributed by atoms with Gasteiger partial charge in [-0.2, -0.15) is 0 Å². The Morgan fingerprint density at radius 2 is 1.74 bits per heavy atom. The van der Waals surface area contributed by atoms with E-state index in [-0.39, 0.29) is 37.4 Å². The summed E-state index contributed by atoms with van der Waals surface area (Å²) in [7, 11) is 0. The van der Waals surface area contributed by atoms with Crippen LogP contribution in [0.2, 0.25) is 0 Å². The first-order valence-electron chi connectivity index (χ1n) is 12.1. The van der Waals surface area contributed by atoms with E-state index in [1.54, 1.807) is 4.90 Å². The molecule has 34 heavy (non-hydrogen) atoms. The summed E-state index contributed by atoms with van der Waals surface area (Å²) in [4.78, 5) is 38.4. The van der Waals surface area contributed by atoms with Gasteiger partial charge in [0.1, 0.15) is 6.61 Å². The van der Waals surface area contributed by atoms with Crippen LogP contribution in [0.1, 0.15) is 56.1 Å². The largest absolute Gasteiger partial charge is 0.481 e. The van der Waals surface area contributed by atoms with Crippen LogP contribution >= 0.6 is 0 Å². The third-order valence-corrected chi connectivity index (χ3v) is 6.85. The number of likely N-dealkylation sites (tertiary alicyclic amines) is 1. The fourth-order valence-corrected chi connectivity index (χ4v) is 5.13. The maximum atomic E-state index is 12.8. The zero-order chi connectivity index (χ0) is 24.1. The van der Waals surface area contributed by atoms with Gasteiger partial charge in [-0.15, -0.1) is 0 Å². The maximum Gasteiger partial charge on any atom is 0.407 e. The molecule has 1 heterocycles. The van der Waals surface area contributed by atoms with Crippen molar-refractivity contribution in [2.45, 2.75) is 51.0 Å². The molecule has 180 valence electrons. The minimum atomic E-state index is -0.862. The highest BCUT2D eigenvalue weighted by molar-refractivity contribution is 5.80. The number of aliphatic carboxylic acids is 1. The second-order valence-corrected chi connectivity index (χ2v) is 9.18. The lowest BCUT2D eigenvalue weighted by Crippen LogP contribution is -2.45. The second kappa shape index (κ2) is 10.7. The molecular formula is C27H32N2O5. The van der Waals surface area contributed by atoms with Crippen LogP contribution in [0.15, 0.2) is 48.5 Å². The number of carbonyl (C=O) groups excluding carboxylic acids is 2. The van der Waals surface area contributed by atoms with Gasteiger partial charge in [-0.05, 0) is 41.5 Å². The summed E-state index contributed by atoms with van der Waals surface area (Å²) < 4.78 is 5.64. The predicted octanol–water partition coefficient (Wildman–Crippen LogP) is 4.41. The molecule has 1 aliphatic heterocycles. The Balaban J connectivity index is 1.35. The fraction of sp³-hybridized carbons (Fsp3) is 0.444. The molecule has 2 amide bonds. The number of rotatable bonds is 8. The van der Waals surface area contributed by atoms with Crippen molar-refractivity contribution in [3.8, 4) is 11.1 Å². The smallest absolute Gasteiger partial charge is 0.407 e. The molecule has 2 N–H and O–H groups in total. The Hall–Kier alpha value is -3.35. The molecule has 0 aromatic heterocycles. The highest BCUT2D eigenvalue weighted by atomic mass is 16.5. The Morgan fingerprint density at radius 1 is 1.09 bits per heavy atom. The normalized spacial score (nSPS) is 18.0. The van der Waals surface area contributed by atoms with Gasteiger partial charge in [0, 0.05) is 31.5 Å².